The van der Waals surface area contributed by atoms with Crippen LogP contribution in [0.1, 0.15) is 12.8 Å². The first-order chi connectivity index (χ1) is 9.04. The summed E-state index contributed by atoms with van der Waals surface area (Å²) in [4.78, 5) is 29.0. The molecule has 2 rings (SSSR count). The molecule has 2 saturated heterocycles. The molecule has 0 aromatic heterocycles. The van der Waals surface area contributed by atoms with Crippen LogP contribution in [0.25, 0.3) is 0 Å². The van der Waals surface area contributed by atoms with E-state index >= 15 is 0 Å². The van der Waals surface area contributed by atoms with Crippen LogP contribution in [0.15, 0.2) is 0 Å². The molecule has 1 atom stereocenters. The fourth-order valence-corrected chi connectivity index (χ4v) is 2.82. The van der Waals surface area contributed by atoms with Crippen LogP contribution >= 0.6 is 0 Å². The lowest BCUT2D eigenvalue weighted by Crippen LogP contribution is -2.49. The number of hydrogen-bond donors (Lipinski definition) is 1. The van der Waals surface area contributed by atoms with E-state index in [2.05, 4.69) is 16.8 Å². The number of nitrogens with zero attached hydrogens (tertiary/aromatic N) is 3. The van der Waals surface area contributed by atoms with E-state index in [-0.39, 0.29) is 18.2 Å². The van der Waals surface area contributed by atoms with Gasteiger partial charge in [-0.15, -0.1) is 0 Å². The molecule has 2 fully saturated rings. The maximum atomic E-state index is 12.1. The lowest BCUT2D eigenvalue weighted by atomic mass is 10.1. The van der Waals surface area contributed by atoms with Gasteiger partial charge in [-0.1, -0.05) is 0 Å². The van der Waals surface area contributed by atoms with Crippen LogP contribution in [0.2, 0.25) is 0 Å². The highest BCUT2D eigenvalue weighted by Crippen LogP contribution is 2.19. The number of likely N-dealkylation sites (tertiary alicyclic amines) is 1. The van der Waals surface area contributed by atoms with Crippen LogP contribution < -0.4 is 0 Å². The molecule has 0 aromatic rings. The van der Waals surface area contributed by atoms with Crippen LogP contribution in [-0.4, -0.2) is 84.5 Å². The number of rotatable bonds is 4. The van der Waals surface area contributed by atoms with E-state index in [4.69, 9.17) is 5.11 Å². The molecule has 0 spiro atoms. The van der Waals surface area contributed by atoms with Gasteiger partial charge in [0.1, 0.15) is 0 Å². The zero-order valence-electron chi connectivity index (χ0n) is 11.5. The number of carboxylic acid groups (broad SMARTS) is 1. The van der Waals surface area contributed by atoms with Gasteiger partial charge in [-0.05, 0) is 25.9 Å². The molecule has 0 bridgehead atoms. The number of piperazine rings is 1. The third-order valence-corrected chi connectivity index (χ3v) is 4.05. The van der Waals surface area contributed by atoms with Crippen molar-refractivity contribution in [3.63, 3.8) is 0 Å². The molecule has 1 unspecified atom stereocenters. The number of carbonyl (C=O) groups is 2. The van der Waals surface area contributed by atoms with Crippen molar-refractivity contribution in [2.24, 2.45) is 5.92 Å². The SMILES string of the molecule is CN1CCN(C(=O)CN2CCC(CC(=O)O)C2)CC1. The van der Waals surface area contributed by atoms with E-state index in [0.717, 1.165) is 45.7 Å². The summed E-state index contributed by atoms with van der Waals surface area (Å²) in [5.74, 6) is -0.348. The van der Waals surface area contributed by atoms with Crippen LogP contribution in [0.4, 0.5) is 0 Å². The molecule has 6 heteroatoms. The Hall–Kier alpha value is -1.14. The third-order valence-electron chi connectivity index (χ3n) is 4.05. The fourth-order valence-electron chi connectivity index (χ4n) is 2.82. The highest BCUT2D eigenvalue weighted by molar-refractivity contribution is 5.78. The van der Waals surface area contributed by atoms with Gasteiger partial charge >= 0.3 is 5.97 Å². The van der Waals surface area contributed by atoms with E-state index in [0.29, 0.717) is 6.54 Å². The summed E-state index contributed by atoms with van der Waals surface area (Å²) in [6, 6.07) is 0. The third kappa shape index (κ3) is 4.18. The minimum absolute atomic E-state index is 0.184. The largest absolute Gasteiger partial charge is 0.481 e. The van der Waals surface area contributed by atoms with Crippen LogP contribution in [0, 0.1) is 5.92 Å². The van der Waals surface area contributed by atoms with Crippen LogP contribution in [0.5, 0.6) is 0 Å². The molecule has 0 aromatic carbocycles. The summed E-state index contributed by atoms with van der Waals surface area (Å²) in [6.45, 7) is 5.52. The van der Waals surface area contributed by atoms with Gasteiger partial charge in [-0.25, -0.2) is 0 Å². The van der Waals surface area contributed by atoms with Crippen molar-refractivity contribution in [2.75, 3.05) is 52.9 Å². The number of amides is 1. The van der Waals surface area contributed by atoms with Crippen molar-refractivity contribution in [3.8, 4) is 0 Å². The number of aliphatic carboxylic acids is 1. The number of carboxylic acids is 1. The van der Waals surface area contributed by atoms with E-state index in [1.165, 1.54) is 0 Å². The van der Waals surface area contributed by atoms with Crippen molar-refractivity contribution < 1.29 is 14.7 Å². The molecule has 0 aliphatic carbocycles. The normalized spacial score (nSPS) is 25.7. The van der Waals surface area contributed by atoms with E-state index in [1.54, 1.807) is 0 Å². The fraction of sp³-hybridized carbons (Fsp3) is 0.846. The van der Waals surface area contributed by atoms with Gasteiger partial charge in [-0.3, -0.25) is 14.5 Å². The minimum Gasteiger partial charge on any atom is -0.481 e. The number of hydrogen-bond acceptors (Lipinski definition) is 4. The van der Waals surface area contributed by atoms with Gasteiger partial charge < -0.3 is 14.9 Å². The van der Waals surface area contributed by atoms with Gasteiger partial charge in [-0.2, -0.15) is 0 Å². The monoisotopic (exact) mass is 269 g/mol. The Bertz CT molecular complexity index is 340. The zero-order valence-corrected chi connectivity index (χ0v) is 11.5. The maximum absolute atomic E-state index is 12.1. The molecule has 0 saturated carbocycles. The summed E-state index contributed by atoms with van der Waals surface area (Å²) in [5.41, 5.74) is 0. The highest BCUT2D eigenvalue weighted by atomic mass is 16.4. The Balaban J connectivity index is 1.73. The van der Waals surface area contributed by atoms with E-state index < -0.39 is 5.97 Å². The lowest BCUT2D eigenvalue weighted by molar-refractivity contribution is -0.138. The average molecular weight is 269 g/mol. The molecule has 1 N–H and O–H groups in total. The topological polar surface area (TPSA) is 64.1 Å². The second kappa shape index (κ2) is 6.34. The van der Waals surface area contributed by atoms with E-state index in [9.17, 15) is 9.59 Å². The van der Waals surface area contributed by atoms with Crippen molar-refractivity contribution >= 4 is 11.9 Å². The van der Waals surface area contributed by atoms with Crippen LogP contribution in [-0.2, 0) is 9.59 Å². The second-order valence-electron chi connectivity index (χ2n) is 5.67. The molecule has 0 radical (unpaired) electrons. The first-order valence-corrected chi connectivity index (χ1v) is 6.95. The van der Waals surface area contributed by atoms with Crippen molar-refractivity contribution in [3.05, 3.63) is 0 Å². The zero-order chi connectivity index (χ0) is 13.8. The molecule has 6 nitrogen and oxygen atoms in total. The van der Waals surface area contributed by atoms with Gasteiger partial charge in [0.25, 0.3) is 0 Å². The van der Waals surface area contributed by atoms with Gasteiger partial charge in [0.2, 0.25) is 5.91 Å². The average Bonchev–Trinajstić information content (AvgIpc) is 2.76. The number of carbonyl (C=O) groups excluding carboxylic acids is 1. The van der Waals surface area contributed by atoms with Gasteiger partial charge in [0.05, 0.1) is 6.54 Å². The predicted molar refractivity (Wildman–Crippen MR) is 70.9 cm³/mol. The van der Waals surface area contributed by atoms with E-state index in [1.807, 2.05) is 4.90 Å². The Morgan fingerprint density at radius 3 is 2.47 bits per heavy atom. The Kier molecular flexibility index (Phi) is 4.76. The molecule has 2 aliphatic heterocycles. The summed E-state index contributed by atoms with van der Waals surface area (Å²) < 4.78 is 0. The van der Waals surface area contributed by atoms with Gasteiger partial charge in [0.15, 0.2) is 0 Å². The summed E-state index contributed by atoms with van der Waals surface area (Å²) in [6.07, 6.45) is 1.11. The summed E-state index contributed by atoms with van der Waals surface area (Å²) in [7, 11) is 2.07. The standard InChI is InChI=1S/C13H23N3O3/c1-14-4-6-16(7-5-14)12(17)10-15-3-2-11(9-15)8-13(18)19/h11H,2-10H2,1H3,(H,18,19). The molecule has 1 amide bonds. The Morgan fingerprint density at radius 1 is 1.16 bits per heavy atom. The lowest BCUT2D eigenvalue weighted by Gasteiger charge is -2.33. The van der Waals surface area contributed by atoms with Crippen molar-refractivity contribution in [1.29, 1.82) is 0 Å². The molecule has 2 heterocycles. The summed E-state index contributed by atoms with van der Waals surface area (Å²) >= 11 is 0. The number of likely N-dealkylation sites (N-methyl/N-ethyl adjacent to an activating group) is 1. The van der Waals surface area contributed by atoms with Gasteiger partial charge in [0, 0.05) is 39.1 Å². The highest BCUT2D eigenvalue weighted by Gasteiger charge is 2.27. The minimum atomic E-state index is -0.739. The van der Waals surface area contributed by atoms with Crippen molar-refractivity contribution in [1.82, 2.24) is 14.7 Å². The molecule has 19 heavy (non-hydrogen) atoms. The first-order valence-electron chi connectivity index (χ1n) is 6.95. The molecule has 2 aliphatic rings. The predicted octanol–water partition coefficient (Wildman–Crippen LogP) is -0.443. The van der Waals surface area contributed by atoms with Crippen molar-refractivity contribution in [2.45, 2.75) is 12.8 Å². The Labute approximate surface area is 114 Å². The Morgan fingerprint density at radius 2 is 1.84 bits per heavy atom. The smallest absolute Gasteiger partial charge is 0.303 e. The molecule has 108 valence electrons. The maximum Gasteiger partial charge on any atom is 0.303 e. The molecular formula is C13H23N3O3. The molecular weight excluding hydrogens is 246 g/mol. The summed E-state index contributed by atoms with van der Waals surface area (Å²) in [5, 5.41) is 8.77. The first kappa shape index (κ1) is 14.3. The quantitative estimate of drug-likeness (QED) is 0.749. The second-order valence-corrected chi connectivity index (χ2v) is 5.67. The van der Waals surface area contributed by atoms with Crippen LogP contribution in [0.3, 0.4) is 0 Å².